The van der Waals surface area contributed by atoms with Crippen LogP contribution in [0.25, 0.3) is 11.4 Å². The molecule has 3 rings (SSSR count). The molecule has 29 heavy (non-hydrogen) atoms. The molecule has 0 N–H and O–H groups in total. The molecule has 0 saturated carbocycles. The quantitative estimate of drug-likeness (QED) is 0.415. The van der Waals surface area contributed by atoms with E-state index >= 15 is 0 Å². The molecule has 6 nitrogen and oxygen atoms in total. The van der Waals surface area contributed by atoms with Crippen LogP contribution in [0.15, 0.2) is 53.1 Å². The minimum atomic E-state index is -0.118. The number of nitrogens with zero attached hydrogens (tertiary/aromatic N) is 3. The van der Waals surface area contributed by atoms with Gasteiger partial charge in [-0.05, 0) is 65.8 Å². The molecular weight excluding hydrogens is 481 g/mol. The predicted octanol–water partition coefficient (Wildman–Crippen LogP) is 4.71. The molecule has 0 aliphatic carbocycles. The summed E-state index contributed by atoms with van der Waals surface area (Å²) in [5, 5.41) is 4.06. The topological polar surface area (TPSA) is 68.5 Å². The van der Waals surface area contributed by atoms with Crippen LogP contribution in [0.3, 0.4) is 0 Å². The van der Waals surface area contributed by atoms with Gasteiger partial charge in [0.15, 0.2) is 6.61 Å². The van der Waals surface area contributed by atoms with Crippen molar-refractivity contribution in [2.75, 3.05) is 13.2 Å². The second kappa shape index (κ2) is 9.87. The highest BCUT2D eigenvalue weighted by Gasteiger charge is 2.20. The summed E-state index contributed by atoms with van der Waals surface area (Å²) in [6.45, 7) is 6.94. The largest absolute Gasteiger partial charge is 0.484 e. The first-order chi connectivity index (χ1) is 13.9. The van der Waals surface area contributed by atoms with E-state index in [2.05, 4.69) is 46.6 Å². The minimum absolute atomic E-state index is 0.0355. The van der Waals surface area contributed by atoms with Gasteiger partial charge in [0, 0.05) is 15.7 Å². The first-order valence-corrected chi connectivity index (χ1v) is 10.5. The highest BCUT2D eigenvalue weighted by Crippen LogP contribution is 2.18. The van der Waals surface area contributed by atoms with Crippen LogP contribution in [0.4, 0.5) is 0 Å². The molecule has 2 aromatic carbocycles. The molecular formula is C22H24IN3O3. The minimum Gasteiger partial charge on any atom is -0.484 e. The van der Waals surface area contributed by atoms with Gasteiger partial charge in [0.25, 0.3) is 5.91 Å². The van der Waals surface area contributed by atoms with Crippen molar-refractivity contribution in [2.45, 2.75) is 27.3 Å². The van der Waals surface area contributed by atoms with E-state index < -0.39 is 0 Å². The predicted molar refractivity (Wildman–Crippen MR) is 119 cm³/mol. The van der Waals surface area contributed by atoms with Crippen LogP contribution in [0.1, 0.15) is 25.3 Å². The van der Waals surface area contributed by atoms with Gasteiger partial charge >= 0.3 is 0 Å². The number of hydrogen-bond acceptors (Lipinski definition) is 5. The van der Waals surface area contributed by atoms with Crippen LogP contribution in [0.2, 0.25) is 0 Å². The zero-order valence-electron chi connectivity index (χ0n) is 16.8. The first kappa shape index (κ1) is 21.3. The van der Waals surface area contributed by atoms with Crippen molar-refractivity contribution in [1.82, 2.24) is 15.0 Å². The van der Waals surface area contributed by atoms with Gasteiger partial charge in [-0.25, -0.2) is 0 Å². The third-order valence-corrected chi connectivity index (χ3v) is 4.90. The number of hydrogen-bond donors (Lipinski definition) is 0. The van der Waals surface area contributed by atoms with Crippen molar-refractivity contribution in [3.05, 3.63) is 63.6 Å². The number of halogens is 1. The second-order valence-electron chi connectivity index (χ2n) is 7.29. The molecule has 0 unspecified atom stereocenters. The second-order valence-corrected chi connectivity index (χ2v) is 8.54. The molecule has 0 bridgehead atoms. The Kier molecular flexibility index (Phi) is 7.24. The van der Waals surface area contributed by atoms with E-state index in [4.69, 9.17) is 9.26 Å². The Morgan fingerprint density at radius 2 is 1.97 bits per heavy atom. The number of carbonyl (C=O) groups is 1. The Morgan fingerprint density at radius 1 is 1.21 bits per heavy atom. The SMILES string of the molecule is Cc1cccc(-c2noc(CN(CC(C)C)C(=O)COc3ccc(I)cc3)n2)c1. The maximum Gasteiger partial charge on any atom is 0.260 e. The Balaban J connectivity index is 1.67. The summed E-state index contributed by atoms with van der Waals surface area (Å²) < 4.78 is 12.2. The van der Waals surface area contributed by atoms with Crippen molar-refractivity contribution in [2.24, 2.45) is 5.92 Å². The third-order valence-electron chi connectivity index (χ3n) is 4.18. The first-order valence-electron chi connectivity index (χ1n) is 9.46. The van der Waals surface area contributed by atoms with E-state index in [1.54, 1.807) is 4.90 Å². The lowest BCUT2D eigenvalue weighted by Gasteiger charge is -2.23. The Bertz CT molecular complexity index is 954. The fourth-order valence-electron chi connectivity index (χ4n) is 2.85. The summed E-state index contributed by atoms with van der Waals surface area (Å²) in [6, 6.07) is 15.5. The van der Waals surface area contributed by atoms with Crippen LogP contribution >= 0.6 is 22.6 Å². The van der Waals surface area contributed by atoms with Gasteiger partial charge in [-0.1, -0.05) is 42.8 Å². The molecule has 0 aliphatic heterocycles. The zero-order chi connectivity index (χ0) is 20.8. The third kappa shape index (κ3) is 6.28. The number of ether oxygens (including phenoxy) is 1. The lowest BCUT2D eigenvalue weighted by atomic mass is 10.1. The molecule has 0 radical (unpaired) electrons. The molecule has 0 spiro atoms. The number of aromatic nitrogens is 2. The van der Waals surface area contributed by atoms with Crippen molar-refractivity contribution in [3.8, 4) is 17.1 Å². The molecule has 3 aromatic rings. The number of benzene rings is 2. The van der Waals surface area contributed by atoms with Gasteiger partial charge in [0.05, 0.1) is 0 Å². The average molecular weight is 505 g/mol. The number of carbonyl (C=O) groups excluding carboxylic acids is 1. The number of rotatable bonds is 8. The van der Waals surface area contributed by atoms with Gasteiger partial charge in [-0.2, -0.15) is 4.98 Å². The fourth-order valence-corrected chi connectivity index (χ4v) is 3.21. The fraction of sp³-hybridized carbons (Fsp3) is 0.318. The van der Waals surface area contributed by atoms with Crippen LogP contribution in [-0.4, -0.2) is 34.1 Å². The standard InChI is InChI=1S/C22H24IN3O3/c1-15(2)12-26(21(27)14-28-19-9-7-18(23)8-10-19)13-20-24-22(25-29-20)17-6-4-5-16(3)11-17/h4-11,15H,12-14H2,1-3H3. The van der Waals surface area contributed by atoms with Gasteiger partial charge in [0.1, 0.15) is 12.3 Å². The van der Waals surface area contributed by atoms with E-state index in [0.717, 1.165) is 14.7 Å². The van der Waals surface area contributed by atoms with Crippen LogP contribution in [0, 0.1) is 16.4 Å². The lowest BCUT2D eigenvalue weighted by molar-refractivity contribution is -0.134. The van der Waals surface area contributed by atoms with Gasteiger partial charge < -0.3 is 14.2 Å². The lowest BCUT2D eigenvalue weighted by Crippen LogP contribution is -2.37. The molecule has 0 atom stereocenters. The number of aryl methyl sites for hydroxylation is 1. The van der Waals surface area contributed by atoms with Crippen LogP contribution in [0.5, 0.6) is 5.75 Å². The normalized spacial score (nSPS) is 10.9. The van der Waals surface area contributed by atoms with E-state index in [9.17, 15) is 4.79 Å². The summed E-state index contributed by atoms with van der Waals surface area (Å²) in [5.41, 5.74) is 2.02. The highest BCUT2D eigenvalue weighted by atomic mass is 127. The molecule has 1 heterocycles. The summed E-state index contributed by atoms with van der Waals surface area (Å²) in [4.78, 5) is 18.9. The summed E-state index contributed by atoms with van der Waals surface area (Å²) >= 11 is 2.23. The average Bonchev–Trinajstić information content (AvgIpc) is 3.15. The van der Waals surface area contributed by atoms with Crippen LogP contribution in [-0.2, 0) is 11.3 Å². The molecule has 7 heteroatoms. The Hall–Kier alpha value is -2.42. The summed E-state index contributed by atoms with van der Waals surface area (Å²) in [6.07, 6.45) is 0. The molecule has 152 valence electrons. The van der Waals surface area contributed by atoms with Gasteiger partial charge in [-0.3, -0.25) is 4.79 Å². The zero-order valence-corrected chi connectivity index (χ0v) is 18.9. The van der Waals surface area contributed by atoms with E-state index in [0.29, 0.717) is 29.9 Å². The van der Waals surface area contributed by atoms with E-state index in [1.807, 2.05) is 55.5 Å². The molecule has 1 aromatic heterocycles. The van der Waals surface area contributed by atoms with E-state index in [1.165, 1.54) is 0 Å². The Labute approximate surface area is 184 Å². The van der Waals surface area contributed by atoms with E-state index in [-0.39, 0.29) is 19.1 Å². The van der Waals surface area contributed by atoms with Gasteiger partial charge in [-0.15, -0.1) is 0 Å². The van der Waals surface area contributed by atoms with Crippen molar-refractivity contribution >= 4 is 28.5 Å². The van der Waals surface area contributed by atoms with Crippen molar-refractivity contribution in [3.63, 3.8) is 0 Å². The van der Waals surface area contributed by atoms with Crippen molar-refractivity contribution < 1.29 is 14.1 Å². The smallest absolute Gasteiger partial charge is 0.260 e. The maximum atomic E-state index is 12.8. The molecule has 0 fully saturated rings. The molecule has 0 saturated heterocycles. The monoisotopic (exact) mass is 505 g/mol. The van der Waals surface area contributed by atoms with Crippen molar-refractivity contribution in [1.29, 1.82) is 0 Å². The summed E-state index contributed by atoms with van der Waals surface area (Å²) in [7, 11) is 0. The Morgan fingerprint density at radius 3 is 2.66 bits per heavy atom. The molecule has 0 aliphatic rings. The maximum absolute atomic E-state index is 12.8. The molecule has 1 amide bonds. The highest BCUT2D eigenvalue weighted by molar-refractivity contribution is 14.1. The van der Waals surface area contributed by atoms with Gasteiger partial charge in [0.2, 0.25) is 11.7 Å². The number of amides is 1. The van der Waals surface area contributed by atoms with Crippen LogP contribution < -0.4 is 4.74 Å². The summed E-state index contributed by atoms with van der Waals surface area (Å²) in [5.74, 6) is 1.78.